The number of aromatic nitrogens is 2. The molecule has 0 spiro atoms. The minimum absolute atomic E-state index is 0.133. The second-order valence-electron chi connectivity index (χ2n) is 8.00. The third kappa shape index (κ3) is 3.46. The Kier molecular flexibility index (Phi) is 4.92. The quantitative estimate of drug-likeness (QED) is 0.815. The van der Waals surface area contributed by atoms with Crippen LogP contribution >= 0.6 is 0 Å². The Balaban J connectivity index is 1.45. The molecule has 0 bridgehead atoms. The van der Waals surface area contributed by atoms with Crippen LogP contribution in [-0.2, 0) is 22.6 Å². The normalized spacial score (nSPS) is 23.8. The zero-order valence-corrected chi connectivity index (χ0v) is 15.6. The lowest BCUT2D eigenvalue weighted by Gasteiger charge is -2.33. The van der Waals surface area contributed by atoms with Gasteiger partial charge in [-0.25, -0.2) is 9.97 Å². The largest absolute Gasteiger partial charge is 0.342 e. The number of carbonyl (C=O) groups excluding carboxylic acids is 2. The van der Waals surface area contributed by atoms with Crippen molar-refractivity contribution in [2.45, 2.75) is 64.3 Å². The Labute approximate surface area is 155 Å². The molecule has 0 radical (unpaired) electrons. The second-order valence-corrected chi connectivity index (χ2v) is 8.00. The Hall–Kier alpha value is -1.98. The van der Waals surface area contributed by atoms with Gasteiger partial charge in [0.05, 0.1) is 5.69 Å². The predicted molar refractivity (Wildman–Crippen MR) is 97.3 cm³/mol. The fourth-order valence-electron chi connectivity index (χ4n) is 4.62. The number of hydrogen-bond acceptors (Lipinski definition) is 4. The zero-order valence-electron chi connectivity index (χ0n) is 15.6. The first-order valence-corrected chi connectivity index (χ1v) is 10.0. The van der Waals surface area contributed by atoms with Crippen LogP contribution in [0.15, 0.2) is 6.20 Å². The summed E-state index contributed by atoms with van der Waals surface area (Å²) in [5.41, 5.74) is 2.18. The maximum absolute atomic E-state index is 12.7. The van der Waals surface area contributed by atoms with Crippen LogP contribution < -0.4 is 0 Å². The van der Waals surface area contributed by atoms with Gasteiger partial charge in [0.1, 0.15) is 5.82 Å². The number of likely N-dealkylation sites (tertiary alicyclic amines) is 1. The summed E-state index contributed by atoms with van der Waals surface area (Å²) in [6, 6.07) is 0. The summed E-state index contributed by atoms with van der Waals surface area (Å²) in [6.07, 6.45) is 9.24. The van der Waals surface area contributed by atoms with Crippen molar-refractivity contribution in [3.63, 3.8) is 0 Å². The van der Waals surface area contributed by atoms with Crippen molar-refractivity contribution in [3.05, 3.63) is 23.3 Å². The van der Waals surface area contributed by atoms with Gasteiger partial charge in [-0.05, 0) is 25.7 Å². The first-order chi connectivity index (χ1) is 12.6. The average Bonchev–Trinajstić information content (AvgIpc) is 3.21. The molecule has 1 saturated heterocycles. The summed E-state index contributed by atoms with van der Waals surface area (Å²) < 4.78 is 0. The fraction of sp³-hybridized carbons (Fsp3) is 0.700. The molecular formula is C20H28N4O2. The summed E-state index contributed by atoms with van der Waals surface area (Å²) in [5.74, 6) is 1.79. The maximum Gasteiger partial charge on any atom is 0.225 e. The van der Waals surface area contributed by atoms with Gasteiger partial charge in [0, 0.05) is 63.1 Å². The van der Waals surface area contributed by atoms with Crippen LogP contribution in [-0.4, -0.2) is 51.2 Å². The van der Waals surface area contributed by atoms with Crippen molar-refractivity contribution < 1.29 is 9.59 Å². The lowest BCUT2D eigenvalue weighted by molar-refractivity contribution is -0.136. The van der Waals surface area contributed by atoms with Gasteiger partial charge in [-0.2, -0.15) is 0 Å². The molecular weight excluding hydrogens is 328 g/mol. The zero-order chi connectivity index (χ0) is 18.1. The third-order valence-corrected chi connectivity index (χ3v) is 6.20. The molecule has 2 fully saturated rings. The maximum atomic E-state index is 12.7. The number of hydrogen-bond donors (Lipinski definition) is 0. The number of carbonyl (C=O) groups is 2. The number of nitrogens with zero attached hydrogens (tertiary/aromatic N) is 4. The van der Waals surface area contributed by atoms with Crippen molar-refractivity contribution in [3.8, 4) is 0 Å². The van der Waals surface area contributed by atoms with Crippen LogP contribution in [0, 0.1) is 5.92 Å². The highest BCUT2D eigenvalue weighted by Crippen LogP contribution is 2.30. The van der Waals surface area contributed by atoms with Crippen molar-refractivity contribution in [2.75, 3.05) is 19.6 Å². The Morgan fingerprint density at radius 3 is 2.65 bits per heavy atom. The molecule has 0 aromatic carbocycles. The van der Waals surface area contributed by atoms with Gasteiger partial charge in [0.15, 0.2) is 0 Å². The van der Waals surface area contributed by atoms with E-state index in [-0.39, 0.29) is 17.7 Å². The van der Waals surface area contributed by atoms with Crippen LogP contribution in [0.5, 0.6) is 0 Å². The van der Waals surface area contributed by atoms with Gasteiger partial charge in [0.2, 0.25) is 11.8 Å². The van der Waals surface area contributed by atoms with Gasteiger partial charge in [-0.3, -0.25) is 9.59 Å². The molecule has 6 nitrogen and oxygen atoms in total. The van der Waals surface area contributed by atoms with Crippen molar-refractivity contribution >= 4 is 11.8 Å². The van der Waals surface area contributed by atoms with Crippen LogP contribution in [0.25, 0.3) is 0 Å². The molecule has 140 valence electrons. The molecule has 3 aliphatic rings. The first kappa shape index (κ1) is 17.4. The van der Waals surface area contributed by atoms with Crippen molar-refractivity contribution in [1.29, 1.82) is 0 Å². The summed E-state index contributed by atoms with van der Waals surface area (Å²) in [7, 11) is 0. The molecule has 0 N–H and O–H groups in total. The van der Waals surface area contributed by atoms with E-state index < -0.39 is 0 Å². The smallest absolute Gasteiger partial charge is 0.225 e. The van der Waals surface area contributed by atoms with Crippen LogP contribution in [0.1, 0.15) is 68.4 Å². The molecule has 2 aliphatic heterocycles. The second kappa shape index (κ2) is 7.33. The fourth-order valence-corrected chi connectivity index (χ4v) is 4.62. The van der Waals surface area contributed by atoms with Crippen LogP contribution in [0.2, 0.25) is 0 Å². The molecule has 1 aliphatic carbocycles. The first-order valence-electron chi connectivity index (χ1n) is 10.0. The van der Waals surface area contributed by atoms with Crippen LogP contribution in [0.4, 0.5) is 0 Å². The Morgan fingerprint density at radius 1 is 1.08 bits per heavy atom. The monoisotopic (exact) mass is 356 g/mol. The average molecular weight is 356 g/mol. The molecule has 1 saturated carbocycles. The Morgan fingerprint density at radius 2 is 1.88 bits per heavy atom. The van der Waals surface area contributed by atoms with E-state index in [4.69, 9.17) is 4.98 Å². The van der Waals surface area contributed by atoms with Crippen molar-refractivity contribution in [1.82, 2.24) is 19.8 Å². The molecule has 0 unspecified atom stereocenters. The van der Waals surface area contributed by atoms with Gasteiger partial charge in [-0.15, -0.1) is 0 Å². The molecule has 6 heteroatoms. The molecule has 26 heavy (non-hydrogen) atoms. The summed E-state index contributed by atoms with van der Waals surface area (Å²) >= 11 is 0. The van der Waals surface area contributed by atoms with Gasteiger partial charge >= 0.3 is 0 Å². The van der Waals surface area contributed by atoms with E-state index in [1.165, 1.54) is 12.8 Å². The molecule has 1 aromatic heterocycles. The summed E-state index contributed by atoms with van der Waals surface area (Å²) in [4.78, 5) is 37.7. The van der Waals surface area contributed by atoms with Gasteiger partial charge in [0.25, 0.3) is 0 Å². The summed E-state index contributed by atoms with van der Waals surface area (Å²) in [5, 5.41) is 0. The molecule has 2 amide bonds. The highest BCUT2D eigenvalue weighted by Gasteiger charge is 2.31. The van der Waals surface area contributed by atoms with Crippen LogP contribution in [0.3, 0.4) is 0 Å². The van der Waals surface area contributed by atoms with E-state index in [2.05, 4.69) is 4.98 Å². The highest BCUT2D eigenvalue weighted by molar-refractivity contribution is 5.79. The topological polar surface area (TPSA) is 66.4 Å². The van der Waals surface area contributed by atoms with E-state index in [0.29, 0.717) is 12.5 Å². The lowest BCUT2D eigenvalue weighted by atomic mass is 9.96. The van der Waals surface area contributed by atoms with E-state index >= 15 is 0 Å². The molecule has 4 rings (SSSR count). The predicted octanol–water partition coefficient (Wildman–Crippen LogP) is 2.28. The Bertz CT molecular complexity index is 699. The van der Waals surface area contributed by atoms with E-state index in [1.54, 1.807) is 6.92 Å². The number of amides is 2. The van der Waals surface area contributed by atoms with Gasteiger partial charge < -0.3 is 9.80 Å². The number of fused-ring (bicyclic) bond motifs is 1. The molecule has 1 atom stereocenters. The SMILES string of the molecule is CC(=O)N1CCC[C@H](c2ncc3c(n2)CCN(C(=O)C2CCCC2)C3)C1. The lowest BCUT2D eigenvalue weighted by Crippen LogP contribution is -2.40. The number of rotatable bonds is 2. The highest BCUT2D eigenvalue weighted by atomic mass is 16.2. The standard InChI is InChI=1S/C20H28N4O2/c1-14(25)23-9-4-7-16(12-23)19-21-11-17-13-24(10-8-18(17)22-19)20(26)15-5-2-3-6-15/h11,15-16H,2-10,12-13H2,1H3/t16-/m0/s1. The third-order valence-electron chi connectivity index (χ3n) is 6.20. The number of piperidine rings is 1. The van der Waals surface area contributed by atoms with Crippen molar-refractivity contribution in [2.24, 2.45) is 5.92 Å². The minimum Gasteiger partial charge on any atom is -0.342 e. The molecule has 1 aromatic rings. The van der Waals surface area contributed by atoms with Gasteiger partial charge in [-0.1, -0.05) is 12.8 Å². The van der Waals surface area contributed by atoms with E-state index in [0.717, 1.165) is 68.8 Å². The molecule has 3 heterocycles. The van der Waals surface area contributed by atoms with E-state index in [9.17, 15) is 9.59 Å². The summed E-state index contributed by atoms with van der Waals surface area (Å²) in [6.45, 7) is 4.61. The minimum atomic E-state index is 0.133. The van der Waals surface area contributed by atoms with E-state index in [1.807, 2.05) is 16.0 Å².